The Morgan fingerprint density at radius 1 is 1.02 bits per heavy atom. The molecule has 5 saturated carbocycles. The lowest BCUT2D eigenvalue weighted by molar-refractivity contribution is -0.316. The van der Waals surface area contributed by atoms with Gasteiger partial charge >= 0.3 is 11.9 Å². The molecule has 44 heavy (non-hydrogen) atoms. The number of ether oxygens (including phenoxy) is 6. The van der Waals surface area contributed by atoms with Gasteiger partial charge in [0.05, 0.1) is 24.4 Å². The van der Waals surface area contributed by atoms with Crippen molar-refractivity contribution >= 4 is 11.9 Å². The number of hydrogen-bond donors (Lipinski definition) is 2. The molecule has 1 aromatic carbocycles. The molecule has 2 N–H and O–H groups in total. The lowest BCUT2D eigenvalue weighted by atomic mass is 9.43. The van der Waals surface area contributed by atoms with Gasteiger partial charge in [-0.05, 0) is 44.4 Å². The molecule has 1 heterocycles. The van der Waals surface area contributed by atoms with Crippen molar-refractivity contribution in [2.75, 3.05) is 48.6 Å². The standard InChI is InChI=1S/C33H45NO10/c1-17(35)44-33-21-19(14-31(38,28(42-6)26(33)36)27(21)43-29(37)18-10-8-7-9-11-18)32-20(40-4)12-13-30(16-39-3)15-34(2)25(32)22(33)23(41-5)24(30)32/h7-11,19-28,36,38H,12-16H2,1-6H3/t19-,20+,21-,22?,23+,24-,25-,26+,27-,28+,30+,31?,32+,33-/m1/s1. The van der Waals surface area contributed by atoms with Gasteiger partial charge < -0.3 is 43.5 Å². The van der Waals surface area contributed by atoms with Crippen LogP contribution in [0.4, 0.5) is 0 Å². The predicted molar refractivity (Wildman–Crippen MR) is 154 cm³/mol. The molecule has 0 amide bonds. The number of carbonyl (C=O) groups is 2. The topological polar surface area (TPSA) is 133 Å². The average molecular weight is 616 g/mol. The average Bonchev–Trinajstić information content (AvgIpc) is 3.39. The maximum Gasteiger partial charge on any atom is 0.338 e. The summed E-state index contributed by atoms with van der Waals surface area (Å²) in [5.41, 5.74) is -3.93. The van der Waals surface area contributed by atoms with Gasteiger partial charge in [-0.2, -0.15) is 0 Å². The molecule has 1 aromatic rings. The summed E-state index contributed by atoms with van der Waals surface area (Å²) >= 11 is 0. The van der Waals surface area contributed by atoms with Gasteiger partial charge in [0.15, 0.2) is 5.60 Å². The van der Waals surface area contributed by atoms with E-state index in [9.17, 15) is 19.8 Å². The first-order chi connectivity index (χ1) is 21.0. The van der Waals surface area contributed by atoms with Gasteiger partial charge in [0.1, 0.15) is 23.9 Å². The SMILES string of the molecule is COC[C@@]12CC[C@H](OC)[C@@]34[C@@H]5CC6(O)[C@H](OC(=O)c7ccccc7)[C@@H]5[C@@](OC(C)=O)(C([C@H](OC)[C@H]13)[C@H]4N(C)C2)[C@@H](O)[C@@H]6OC. The molecule has 0 aromatic heterocycles. The molecular formula is C33H45NO10. The zero-order valence-electron chi connectivity index (χ0n) is 26.3. The molecule has 11 heteroatoms. The van der Waals surface area contributed by atoms with Crippen LogP contribution in [0.25, 0.3) is 0 Å². The maximum absolute atomic E-state index is 13.7. The number of esters is 2. The van der Waals surface area contributed by atoms with Gasteiger partial charge in [-0.1, -0.05) is 18.2 Å². The third-order valence-electron chi connectivity index (χ3n) is 12.8. The van der Waals surface area contributed by atoms with Crippen LogP contribution >= 0.6 is 0 Å². The second-order valence-corrected chi connectivity index (χ2v) is 14.2. The van der Waals surface area contributed by atoms with Crippen LogP contribution in [0.3, 0.4) is 0 Å². The monoisotopic (exact) mass is 615 g/mol. The summed E-state index contributed by atoms with van der Waals surface area (Å²) < 4.78 is 37.5. The summed E-state index contributed by atoms with van der Waals surface area (Å²) in [5, 5.41) is 25.1. The van der Waals surface area contributed by atoms with Crippen LogP contribution in [0, 0.1) is 34.5 Å². The van der Waals surface area contributed by atoms with E-state index in [2.05, 4.69) is 11.9 Å². The molecule has 0 radical (unpaired) electrons. The summed E-state index contributed by atoms with van der Waals surface area (Å²) in [5.74, 6) is -2.96. The molecule has 6 aliphatic rings. The van der Waals surface area contributed by atoms with Crippen LogP contribution in [0.15, 0.2) is 30.3 Å². The van der Waals surface area contributed by atoms with Crippen molar-refractivity contribution in [1.29, 1.82) is 0 Å². The molecule has 11 nitrogen and oxygen atoms in total. The first kappa shape index (κ1) is 30.5. The Labute approximate surface area is 258 Å². The summed E-state index contributed by atoms with van der Waals surface area (Å²) in [7, 11) is 8.63. The predicted octanol–water partition coefficient (Wildman–Crippen LogP) is 1.29. The molecule has 1 saturated heterocycles. The maximum atomic E-state index is 13.7. The largest absolute Gasteiger partial charge is 0.455 e. The van der Waals surface area contributed by atoms with E-state index >= 15 is 0 Å². The number of fused-ring (bicyclic) bond motifs is 2. The second kappa shape index (κ2) is 10.2. The van der Waals surface area contributed by atoms with E-state index < -0.39 is 64.8 Å². The number of aliphatic hydroxyl groups excluding tert-OH is 1. The Balaban J connectivity index is 1.51. The molecule has 2 unspecified atom stereocenters. The lowest BCUT2D eigenvalue weighted by Crippen LogP contribution is -2.80. The van der Waals surface area contributed by atoms with Crippen molar-refractivity contribution in [2.24, 2.45) is 34.5 Å². The van der Waals surface area contributed by atoms with Crippen LogP contribution in [-0.2, 0) is 33.2 Å². The summed E-state index contributed by atoms with van der Waals surface area (Å²) in [6, 6.07) is 8.39. The molecule has 5 aliphatic carbocycles. The van der Waals surface area contributed by atoms with Gasteiger partial charge in [0.25, 0.3) is 0 Å². The number of rotatable bonds is 8. The highest BCUT2D eigenvalue weighted by Gasteiger charge is 2.91. The highest BCUT2D eigenvalue weighted by molar-refractivity contribution is 5.89. The van der Waals surface area contributed by atoms with E-state index in [4.69, 9.17) is 28.4 Å². The van der Waals surface area contributed by atoms with Crippen LogP contribution < -0.4 is 0 Å². The minimum Gasteiger partial charge on any atom is -0.455 e. The van der Waals surface area contributed by atoms with Gasteiger partial charge in [-0.25, -0.2) is 4.79 Å². The van der Waals surface area contributed by atoms with E-state index in [-0.39, 0.29) is 35.8 Å². The highest BCUT2D eigenvalue weighted by atomic mass is 16.6. The zero-order chi connectivity index (χ0) is 31.4. The van der Waals surface area contributed by atoms with Gasteiger partial charge in [0.2, 0.25) is 0 Å². The minimum absolute atomic E-state index is 0.103. The van der Waals surface area contributed by atoms with Crippen LogP contribution in [-0.4, -0.2) is 123 Å². The van der Waals surface area contributed by atoms with Crippen LogP contribution in [0.5, 0.6) is 0 Å². The minimum atomic E-state index is -1.76. The number of methoxy groups -OCH3 is 4. The van der Waals surface area contributed by atoms with Crippen LogP contribution in [0.2, 0.25) is 0 Å². The fraction of sp³-hybridized carbons (Fsp3) is 0.758. The quantitative estimate of drug-likeness (QED) is 0.410. The van der Waals surface area contributed by atoms with Gasteiger partial charge in [0, 0.05) is 76.5 Å². The number of likely N-dealkylation sites (tertiary alicyclic amines) is 1. The third kappa shape index (κ3) is 3.41. The number of benzene rings is 1. The number of nitrogens with zero attached hydrogens (tertiary/aromatic N) is 1. The fourth-order valence-electron chi connectivity index (χ4n) is 12.3. The first-order valence-electron chi connectivity index (χ1n) is 15.7. The number of hydrogen-bond acceptors (Lipinski definition) is 11. The van der Waals surface area contributed by atoms with Crippen molar-refractivity contribution in [3.05, 3.63) is 35.9 Å². The van der Waals surface area contributed by atoms with Crippen LogP contribution in [0.1, 0.15) is 36.5 Å². The number of aliphatic hydroxyl groups is 2. The van der Waals surface area contributed by atoms with E-state index in [1.165, 1.54) is 14.0 Å². The second-order valence-electron chi connectivity index (χ2n) is 14.2. The van der Waals surface area contributed by atoms with Gasteiger partial charge in [-0.3, -0.25) is 4.79 Å². The van der Waals surface area contributed by atoms with Gasteiger partial charge in [-0.15, -0.1) is 0 Å². The van der Waals surface area contributed by atoms with Crippen molar-refractivity contribution in [2.45, 2.75) is 73.9 Å². The smallest absolute Gasteiger partial charge is 0.338 e. The van der Waals surface area contributed by atoms with E-state index in [0.717, 1.165) is 19.4 Å². The summed E-state index contributed by atoms with van der Waals surface area (Å²) in [4.78, 5) is 29.2. The molecule has 14 atom stereocenters. The number of carbonyl (C=O) groups excluding carboxylic acids is 2. The Hall–Kier alpha value is -2.12. The Morgan fingerprint density at radius 3 is 2.36 bits per heavy atom. The first-order valence-corrected chi connectivity index (χ1v) is 15.7. The lowest BCUT2D eigenvalue weighted by Gasteiger charge is -2.69. The van der Waals surface area contributed by atoms with Crippen molar-refractivity contribution in [3.63, 3.8) is 0 Å². The normalized spacial score (nSPS) is 49.9. The summed E-state index contributed by atoms with van der Waals surface area (Å²) in [6.07, 6.45) is -2.66. The van der Waals surface area contributed by atoms with Crippen molar-refractivity contribution < 1.29 is 48.2 Å². The Morgan fingerprint density at radius 2 is 1.75 bits per heavy atom. The van der Waals surface area contributed by atoms with E-state index in [1.54, 1.807) is 45.6 Å². The van der Waals surface area contributed by atoms with Crippen molar-refractivity contribution in [1.82, 2.24) is 4.90 Å². The third-order valence-corrected chi connectivity index (χ3v) is 12.8. The Bertz CT molecular complexity index is 1310. The molecule has 1 spiro atoms. The molecule has 6 fully saturated rings. The van der Waals surface area contributed by atoms with Crippen molar-refractivity contribution in [3.8, 4) is 0 Å². The zero-order valence-corrected chi connectivity index (χ0v) is 26.3. The van der Waals surface area contributed by atoms with E-state index in [0.29, 0.717) is 12.2 Å². The highest BCUT2D eigenvalue weighted by Crippen LogP contribution is 2.80. The Kier molecular flexibility index (Phi) is 7.07. The molecule has 7 bridgehead atoms. The summed E-state index contributed by atoms with van der Waals surface area (Å²) in [6.45, 7) is 2.56. The molecule has 7 rings (SSSR count). The molecular weight excluding hydrogens is 570 g/mol. The number of piperidine rings is 1. The fourth-order valence-corrected chi connectivity index (χ4v) is 12.3. The molecule has 242 valence electrons. The molecule has 1 aliphatic heterocycles. The van der Waals surface area contributed by atoms with E-state index in [1.807, 2.05) is 6.07 Å².